The zero-order valence-electron chi connectivity index (χ0n) is 31.6. The summed E-state index contributed by atoms with van der Waals surface area (Å²) in [7, 11) is 0. The summed E-state index contributed by atoms with van der Waals surface area (Å²) < 4.78 is 22.2. The predicted molar refractivity (Wildman–Crippen MR) is 211 cm³/mol. The van der Waals surface area contributed by atoms with Gasteiger partial charge in [-0.3, -0.25) is 19.7 Å². The van der Waals surface area contributed by atoms with Crippen LogP contribution in [0.1, 0.15) is 62.4 Å². The first-order chi connectivity index (χ1) is 28.3. The van der Waals surface area contributed by atoms with E-state index < -0.39 is 4.92 Å². The van der Waals surface area contributed by atoms with Gasteiger partial charge in [-0.1, -0.05) is 46.7 Å². The number of anilines is 1. The summed E-state index contributed by atoms with van der Waals surface area (Å²) in [5.74, 6) is 2.73. The molecule has 0 aliphatic carbocycles. The summed E-state index contributed by atoms with van der Waals surface area (Å²) in [6.07, 6.45) is 5.32. The number of likely N-dealkylation sites (tertiary alicyclic amines) is 2. The van der Waals surface area contributed by atoms with Crippen molar-refractivity contribution >= 4 is 23.2 Å². The lowest BCUT2D eigenvalue weighted by Crippen LogP contribution is -2.41. The number of piperidine rings is 2. The van der Waals surface area contributed by atoms with E-state index in [1.165, 1.54) is 12.1 Å². The van der Waals surface area contributed by atoms with E-state index >= 15 is 0 Å². The number of carbonyl (C=O) groups is 2. The number of para-hydroxylation sites is 2. The van der Waals surface area contributed by atoms with Crippen LogP contribution in [0.5, 0.6) is 11.5 Å². The number of amides is 2. The highest BCUT2D eigenvalue weighted by atomic mass is 16.6. The maximum absolute atomic E-state index is 12.8. The number of carbonyl (C=O) groups excluding carboxylic acids is 2. The van der Waals surface area contributed by atoms with Crippen molar-refractivity contribution in [3.05, 3.63) is 131 Å². The van der Waals surface area contributed by atoms with E-state index in [9.17, 15) is 19.7 Å². The number of benzene rings is 4. The number of nitrogen functional groups attached to an aromatic ring is 1. The van der Waals surface area contributed by atoms with Crippen LogP contribution in [0.4, 0.5) is 11.4 Å². The predicted octanol–water partition coefficient (Wildman–Crippen LogP) is 7.23. The number of nitrogens with zero attached hydrogens (tertiary/aromatic N) is 7. The van der Waals surface area contributed by atoms with E-state index in [0.717, 1.165) is 44.1 Å². The molecule has 2 fully saturated rings. The fourth-order valence-corrected chi connectivity index (χ4v) is 6.80. The molecule has 0 unspecified atom stereocenters. The molecule has 0 saturated carbocycles. The van der Waals surface area contributed by atoms with Crippen LogP contribution in [0.25, 0.3) is 22.8 Å². The van der Waals surface area contributed by atoms with Gasteiger partial charge in [-0.15, -0.1) is 0 Å². The number of non-ortho nitro benzene ring substituents is 1. The fraction of sp³-hybridized carbons (Fsp3) is 0.286. The van der Waals surface area contributed by atoms with E-state index in [1.54, 1.807) is 46.2 Å². The highest BCUT2D eigenvalue weighted by Gasteiger charge is 2.34. The Hall–Kier alpha value is -7.10. The van der Waals surface area contributed by atoms with Crippen molar-refractivity contribution in [2.45, 2.75) is 50.6 Å². The highest BCUT2D eigenvalue weighted by molar-refractivity contribution is 5.79. The van der Waals surface area contributed by atoms with Gasteiger partial charge in [0.2, 0.25) is 23.4 Å². The molecule has 2 saturated heterocycles. The summed E-state index contributed by atoms with van der Waals surface area (Å²) in [6.45, 7) is 1.17. The number of hydrogen-bond donors (Lipinski definition) is 1. The van der Waals surface area contributed by atoms with E-state index in [-0.39, 0.29) is 42.8 Å². The topological polar surface area (TPSA) is 206 Å². The van der Waals surface area contributed by atoms with E-state index in [1.807, 2.05) is 60.7 Å². The maximum Gasteiger partial charge on any atom is 0.269 e. The van der Waals surface area contributed by atoms with Gasteiger partial charge in [-0.05, 0) is 99.2 Å². The van der Waals surface area contributed by atoms with Crippen LogP contribution >= 0.6 is 0 Å². The van der Waals surface area contributed by atoms with Crippen molar-refractivity contribution in [1.29, 1.82) is 0 Å². The normalized spacial score (nSPS) is 16.5. The Bertz CT molecular complexity index is 2270. The number of nitro groups is 1. The van der Waals surface area contributed by atoms with Gasteiger partial charge in [0.15, 0.2) is 13.2 Å². The average molecular weight is 787 g/mol. The molecule has 2 aromatic heterocycles. The number of hydrogen-bond acceptors (Lipinski definition) is 13. The van der Waals surface area contributed by atoms with Crippen LogP contribution in [-0.4, -0.2) is 73.1 Å². The van der Waals surface area contributed by atoms with E-state index in [2.05, 4.69) is 20.3 Å². The molecule has 0 spiro atoms. The number of nitro benzene ring substituents is 1. The Kier molecular flexibility index (Phi) is 12.6. The molecule has 0 radical (unpaired) electrons. The largest absolute Gasteiger partial charge is 0.484 e. The van der Waals surface area contributed by atoms with Gasteiger partial charge >= 0.3 is 0 Å². The minimum Gasteiger partial charge on any atom is -0.484 e. The lowest BCUT2D eigenvalue weighted by atomic mass is 10.0. The van der Waals surface area contributed by atoms with E-state index in [0.29, 0.717) is 59.3 Å². The van der Waals surface area contributed by atoms with Gasteiger partial charge in [0.25, 0.3) is 17.5 Å². The van der Waals surface area contributed by atoms with Crippen molar-refractivity contribution in [1.82, 2.24) is 30.1 Å². The summed E-state index contributed by atoms with van der Waals surface area (Å²) in [4.78, 5) is 48.4. The number of aromatic nitrogens is 4. The van der Waals surface area contributed by atoms with Crippen LogP contribution in [-0.2, 0) is 9.59 Å². The summed E-state index contributed by atoms with van der Waals surface area (Å²) in [6, 6.07) is 31.2. The summed E-state index contributed by atoms with van der Waals surface area (Å²) in [5.41, 5.74) is 7.83. The molecule has 2 aliphatic heterocycles. The van der Waals surface area contributed by atoms with E-state index in [4.69, 9.17) is 24.3 Å². The molecule has 2 aliphatic rings. The molecule has 4 aromatic carbocycles. The molecule has 4 heterocycles. The van der Waals surface area contributed by atoms with Gasteiger partial charge in [-0.25, -0.2) is 0 Å². The van der Waals surface area contributed by atoms with Gasteiger partial charge in [-0.2, -0.15) is 9.97 Å². The molecular formula is C42H42N8O8. The third kappa shape index (κ3) is 9.82. The van der Waals surface area contributed by atoms with Crippen molar-refractivity contribution in [2.75, 3.05) is 32.0 Å². The molecule has 16 heteroatoms. The third-order valence-corrected chi connectivity index (χ3v) is 9.82. The molecule has 6 aromatic rings. The molecule has 58 heavy (non-hydrogen) atoms. The van der Waals surface area contributed by atoms with Gasteiger partial charge < -0.3 is 34.1 Å². The smallest absolute Gasteiger partial charge is 0.269 e. The Morgan fingerprint density at radius 1 is 0.655 bits per heavy atom. The minimum atomic E-state index is -0.464. The third-order valence-electron chi connectivity index (χ3n) is 9.82. The van der Waals surface area contributed by atoms with Gasteiger partial charge in [0.05, 0.1) is 4.92 Å². The van der Waals surface area contributed by atoms with Crippen LogP contribution in [0.15, 0.2) is 118 Å². The van der Waals surface area contributed by atoms with Crippen LogP contribution < -0.4 is 15.2 Å². The molecule has 2 amide bonds. The SMILES string of the molecule is Nc1ccc(-c2noc([C@H]3CCCCN3C(=O)COc3ccccc3)n2)cc1.O=C(COc1ccccc1)N1CCCC[C@@H]1c1nc(-c2ccc([N+](=O)[O-])cc2)no1. The van der Waals surface area contributed by atoms with Gasteiger partial charge in [0.1, 0.15) is 23.6 Å². The van der Waals surface area contributed by atoms with Crippen molar-refractivity contribution in [3.8, 4) is 34.3 Å². The second-order valence-electron chi connectivity index (χ2n) is 13.7. The molecule has 16 nitrogen and oxygen atoms in total. The lowest BCUT2D eigenvalue weighted by Gasteiger charge is -2.33. The Morgan fingerprint density at radius 2 is 1.09 bits per heavy atom. The first-order valence-corrected chi connectivity index (χ1v) is 19.0. The first-order valence-electron chi connectivity index (χ1n) is 19.0. The van der Waals surface area contributed by atoms with Gasteiger partial charge in [0, 0.05) is 42.0 Å². The molecule has 2 atom stereocenters. The fourth-order valence-electron chi connectivity index (χ4n) is 6.80. The zero-order valence-corrected chi connectivity index (χ0v) is 31.6. The Balaban J connectivity index is 0.000000177. The minimum absolute atomic E-state index is 0.00932. The second-order valence-corrected chi connectivity index (χ2v) is 13.7. The second kappa shape index (κ2) is 18.7. The Labute approximate surface area is 333 Å². The average Bonchev–Trinajstić information content (AvgIpc) is 3.98. The lowest BCUT2D eigenvalue weighted by molar-refractivity contribution is -0.384. The molecule has 8 rings (SSSR count). The highest BCUT2D eigenvalue weighted by Crippen LogP contribution is 2.33. The summed E-state index contributed by atoms with van der Waals surface area (Å²) >= 11 is 0. The number of ether oxygens (including phenoxy) is 2. The Morgan fingerprint density at radius 3 is 1.52 bits per heavy atom. The molecule has 298 valence electrons. The first kappa shape index (κ1) is 39.1. The number of nitrogens with two attached hydrogens (primary N) is 1. The molecular weight excluding hydrogens is 745 g/mol. The van der Waals surface area contributed by atoms with Crippen LogP contribution in [0.2, 0.25) is 0 Å². The standard InChI is InChI=1S/C21H20N4O5.C21H22N4O3/c26-19(14-29-17-6-2-1-3-7-17)24-13-5-4-8-18(24)21-22-20(23-30-21)15-9-11-16(12-10-15)25(27)28;22-16-11-9-15(10-12-16)20-23-21(28-24-20)18-8-4-5-13-25(18)19(26)14-27-17-6-2-1-3-7-17/h1-3,6-7,9-12,18H,4-5,8,13-14H2;1-3,6-7,9-12,18H,4-5,8,13-14,22H2/t2*18-/m11/s1. The van der Waals surface area contributed by atoms with Crippen molar-refractivity contribution in [2.24, 2.45) is 0 Å². The van der Waals surface area contributed by atoms with Crippen molar-refractivity contribution in [3.63, 3.8) is 0 Å². The molecule has 0 bridgehead atoms. The van der Waals surface area contributed by atoms with Crippen LogP contribution in [0.3, 0.4) is 0 Å². The molecule has 2 N–H and O–H groups in total. The zero-order chi connectivity index (χ0) is 40.3. The number of rotatable bonds is 11. The maximum atomic E-state index is 12.8. The van der Waals surface area contributed by atoms with Crippen LogP contribution in [0, 0.1) is 10.1 Å². The monoisotopic (exact) mass is 786 g/mol. The summed E-state index contributed by atoms with van der Waals surface area (Å²) in [5, 5.41) is 18.9. The quantitative estimate of drug-likeness (QED) is 0.0783. The van der Waals surface area contributed by atoms with Crippen molar-refractivity contribution < 1.29 is 33.0 Å².